The minimum atomic E-state index is -0.355. The third-order valence-corrected chi connectivity index (χ3v) is 3.89. The lowest BCUT2D eigenvalue weighted by atomic mass is 10.3. The number of carbonyl (C=O) groups excluding carboxylic acids is 1. The van der Waals surface area contributed by atoms with Crippen LogP contribution in [0, 0.1) is 5.82 Å². The van der Waals surface area contributed by atoms with E-state index in [1.165, 1.54) is 28.9 Å². The molecule has 0 atom stereocenters. The lowest BCUT2D eigenvalue weighted by molar-refractivity contribution is -0.113. The first-order valence-electron chi connectivity index (χ1n) is 6.88. The van der Waals surface area contributed by atoms with Gasteiger partial charge in [0.05, 0.1) is 11.4 Å². The number of anilines is 1. The average molecular weight is 345 g/mol. The molecule has 0 bridgehead atoms. The Balaban J connectivity index is 1.64. The fourth-order valence-electron chi connectivity index (χ4n) is 1.92. The van der Waals surface area contributed by atoms with Crippen molar-refractivity contribution in [2.24, 2.45) is 0 Å². The number of tetrazole rings is 1. The van der Waals surface area contributed by atoms with Gasteiger partial charge in [0.2, 0.25) is 11.1 Å². The minimum absolute atomic E-state index is 0.0701. The van der Waals surface area contributed by atoms with Crippen molar-refractivity contribution in [1.82, 2.24) is 20.2 Å². The molecule has 3 aromatic rings. The predicted molar refractivity (Wildman–Crippen MR) is 86.6 cm³/mol. The van der Waals surface area contributed by atoms with Crippen molar-refractivity contribution in [2.45, 2.75) is 5.16 Å². The van der Waals surface area contributed by atoms with Gasteiger partial charge in [-0.3, -0.25) is 4.79 Å². The fourth-order valence-corrected chi connectivity index (χ4v) is 2.61. The summed E-state index contributed by atoms with van der Waals surface area (Å²) in [4.78, 5) is 12.0. The number of amides is 1. The third kappa shape index (κ3) is 3.87. The van der Waals surface area contributed by atoms with Crippen LogP contribution in [0.4, 0.5) is 10.1 Å². The van der Waals surface area contributed by atoms with Crippen molar-refractivity contribution in [3.05, 3.63) is 54.3 Å². The van der Waals surface area contributed by atoms with Crippen LogP contribution in [0.2, 0.25) is 0 Å². The minimum Gasteiger partial charge on any atom is -0.508 e. The molecular formula is C15H12FN5O2S. The number of phenols is 1. The van der Waals surface area contributed by atoms with Gasteiger partial charge in [-0.2, -0.15) is 4.68 Å². The lowest BCUT2D eigenvalue weighted by Gasteiger charge is -2.06. The predicted octanol–water partition coefficient (Wildman–Crippen LogP) is 2.24. The summed E-state index contributed by atoms with van der Waals surface area (Å²) in [6.07, 6.45) is 0. The van der Waals surface area contributed by atoms with Crippen molar-refractivity contribution in [3.63, 3.8) is 0 Å². The van der Waals surface area contributed by atoms with E-state index in [0.717, 1.165) is 11.8 Å². The first-order valence-corrected chi connectivity index (χ1v) is 7.86. The van der Waals surface area contributed by atoms with E-state index in [4.69, 9.17) is 0 Å². The van der Waals surface area contributed by atoms with Crippen LogP contribution in [0.5, 0.6) is 5.75 Å². The lowest BCUT2D eigenvalue weighted by Crippen LogP contribution is -2.14. The second kappa shape index (κ2) is 7.09. The van der Waals surface area contributed by atoms with E-state index >= 15 is 0 Å². The Bertz CT molecular complexity index is 853. The maximum Gasteiger partial charge on any atom is 0.234 e. The zero-order valence-electron chi connectivity index (χ0n) is 12.3. The maximum atomic E-state index is 13.0. The molecule has 0 aliphatic carbocycles. The Labute approximate surface area is 140 Å². The number of nitrogens with zero attached hydrogens (tertiary/aromatic N) is 4. The molecule has 24 heavy (non-hydrogen) atoms. The number of rotatable bonds is 5. The monoisotopic (exact) mass is 345 g/mol. The number of hydrogen-bond donors (Lipinski definition) is 2. The first kappa shape index (κ1) is 15.9. The van der Waals surface area contributed by atoms with Crippen molar-refractivity contribution >= 4 is 23.4 Å². The molecule has 2 aromatic carbocycles. The van der Waals surface area contributed by atoms with E-state index in [1.807, 2.05) is 0 Å². The van der Waals surface area contributed by atoms with Crippen LogP contribution in [0.25, 0.3) is 5.69 Å². The molecule has 0 unspecified atom stereocenters. The Kier molecular flexibility index (Phi) is 4.71. The standard InChI is InChI=1S/C15H12FN5O2S/c16-10-4-6-12(7-5-10)21-15(18-19-20-21)24-9-14(23)17-11-2-1-3-13(22)8-11/h1-8,22H,9H2,(H,17,23). The van der Waals surface area contributed by atoms with Crippen molar-refractivity contribution in [2.75, 3.05) is 11.1 Å². The van der Waals surface area contributed by atoms with Gasteiger partial charge in [-0.1, -0.05) is 17.8 Å². The molecule has 1 aromatic heterocycles. The first-order chi connectivity index (χ1) is 11.6. The average Bonchev–Trinajstić information content (AvgIpc) is 3.02. The summed E-state index contributed by atoms with van der Waals surface area (Å²) >= 11 is 1.14. The number of thioether (sulfide) groups is 1. The summed E-state index contributed by atoms with van der Waals surface area (Å²) in [5.41, 5.74) is 1.09. The molecule has 0 saturated carbocycles. The molecule has 0 radical (unpaired) electrons. The van der Waals surface area contributed by atoms with E-state index in [1.54, 1.807) is 24.3 Å². The van der Waals surface area contributed by atoms with Gasteiger partial charge < -0.3 is 10.4 Å². The number of benzene rings is 2. The molecule has 1 amide bonds. The largest absolute Gasteiger partial charge is 0.508 e. The highest BCUT2D eigenvalue weighted by atomic mass is 32.2. The Morgan fingerprint density at radius 3 is 2.79 bits per heavy atom. The number of hydrogen-bond acceptors (Lipinski definition) is 6. The molecule has 0 aliphatic rings. The number of aromatic nitrogens is 4. The molecule has 1 heterocycles. The highest BCUT2D eigenvalue weighted by molar-refractivity contribution is 7.99. The molecule has 0 aliphatic heterocycles. The zero-order valence-corrected chi connectivity index (χ0v) is 13.1. The molecule has 0 spiro atoms. The van der Waals surface area contributed by atoms with Gasteiger partial charge in [0.1, 0.15) is 11.6 Å². The Morgan fingerprint density at radius 1 is 1.25 bits per heavy atom. The normalized spacial score (nSPS) is 10.5. The smallest absolute Gasteiger partial charge is 0.234 e. The van der Waals surface area contributed by atoms with Gasteiger partial charge in [0.25, 0.3) is 0 Å². The van der Waals surface area contributed by atoms with Crippen LogP contribution in [0.3, 0.4) is 0 Å². The number of nitrogens with one attached hydrogen (secondary N) is 1. The van der Waals surface area contributed by atoms with Crippen LogP contribution < -0.4 is 5.32 Å². The molecule has 9 heteroatoms. The molecule has 2 N–H and O–H groups in total. The zero-order chi connectivity index (χ0) is 16.9. The number of carbonyl (C=O) groups is 1. The highest BCUT2D eigenvalue weighted by Crippen LogP contribution is 2.20. The van der Waals surface area contributed by atoms with Crippen LogP contribution >= 0.6 is 11.8 Å². The summed E-state index contributed by atoms with van der Waals surface area (Å²) in [5, 5.41) is 23.7. The van der Waals surface area contributed by atoms with Crippen LogP contribution in [-0.4, -0.2) is 37.0 Å². The Morgan fingerprint density at radius 2 is 2.04 bits per heavy atom. The van der Waals surface area contributed by atoms with Gasteiger partial charge >= 0.3 is 0 Å². The molecule has 0 saturated heterocycles. The highest BCUT2D eigenvalue weighted by Gasteiger charge is 2.12. The van der Waals surface area contributed by atoms with Crippen LogP contribution in [-0.2, 0) is 4.79 Å². The number of aromatic hydroxyl groups is 1. The summed E-state index contributed by atoms with van der Waals surface area (Å²) in [6.45, 7) is 0. The van der Waals surface area contributed by atoms with Gasteiger partial charge in [-0.05, 0) is 46.8 Å². The Hall–Kier alpha value is -2.94. The van der Waals surface area contributed by atoms with E-state index in [9.17, 15) is 14.3 Å². The second-order valence-electron chi connectivity index (χ2n) is 4.74. The number of phenolic OH excluding ortho intramolecular Hbond substituents is 1. The quantitative estimate of drug-likeness (QED) is 0.689. The molecule has 0 fully saturated rings. The molecule has 7 nitrogen and oxygen atoms in total. The summed E-state index contributed by atoms with van der Waals surface area (Å²) in [6, 6.07) is 12.0. The summed E-state index contributed by atoms with van der Waals surface area (Å²) in [7, 11) is 0. The van der Waals surface area contributed by atoms with E-state index in [2.05, 4.69) is 20.8 Å². The fraction of sp³-hybridized carbons (Fsp3) is 0.0667. The SMILES string of the molecule is O=C(CSc1nnnn1-c1ccc(F)cc1)Nc1cccc(O)c1. The molecule has 3 rings (SSSR count). The van der Waals surface area contributed by atoms with E-state index in [0.29, 0.717) is 16.5 Å². The van der Waals surface area contributed by atoms with Gasteiger partial charge in [-0.25, -0.2) is 4.39 Å². The van der Waals surface area contributed by atoms with Gasteiger partial charge in [0, 0.05) is 11.8 Å². The van der Waals surface area contributed by atoms with Crippen molar-refractivity contribution < 1.29 is 14.3 Å². The van der Waals surface area contributed by atoms with E-state index < -0.39 is 0 Å². The van der Waals surface area contributed by atoms with Crippen molar-refractivity contribution in [3.8, 4) is 11.4 Å². The number of halogens is 1. The third-order valence-electron chi connectivity index (χ3n) is 2.97. The van der Waals surface area contributed by atoms with Gasteiger partial charge in [0.15, 0.2) is 0 Å². The van der Waals surface area contributed by atoms with Crippen LogP contribution in [0.15, 0.2) is 53.7 Å². The molecule has 122 valence electrons. The van der Waals surface area contributed by atoms with Crippen LogP contribution in [0.1, 0.15) is 0 Å². The van der Waals surface area contributed by atoms with Crippen molar-refractivity contribution in [1.29, 1.82) is 0 Å². The second-order valence-corrected chi connectivity index (χ2v) is 5.68. The van der Waals surface area contributed by atoms with Gasteiger partial charge in [-0.15, -0.1) is 5.10 Å². The summed E-state index contributed by atoms with van der Waals surface area (Å²) < 4.78 is 14.4. The molecular weight excluding hydrogens is 333 g/mol. The maximum absolute atomic E-state index is 13.0. The van der Waals surface area contributed by atoms with E-state index in [-0.39, 0.29) is 23.2 Å². The summed E-state index contributed by atoms with van der Waals surface area (Å²) in [5.74, 6) is -0.469. The topological polar surface area (TPSA) is 92.9 Å².